The van der Waals surface area contributed by atoms with E-state index >= 15 is 0 Å². The van der Waals surface area contributed by atoms with Crippen LogP contribution in [-0.4, -0.2) is 25.2 Å². The Morgan fingerprint density at radius 1 is 1.19 bits per heavy atom. The second-order valence-electron chi connectivity index (χ2n) is 6.86. The maximum absolute atomic E-state index is 12.7. The first kappa shape index (κ1) is 18.5. The van der Waals surface area contributed by atoms with Gasteiger partial charge in [-0.05, 0) is 44.4 Å². The highest BCUT2D eigenvalue weighted by atomic mass is 19.4. The van der Waals surface area contributed by atoms with Crippen LogP contribution in [0.4, 0.5) is 13.2 Å². The van der Waals surface area contributed by atoms with Gasteiger partial charge in [0.05, 0.1) is 17.4 Å². The summed E-state index contributed by atoms with van der Waals surface area (Å²) in [5.74, 6) is -0.430. The lowest BCUT2D eigenvalue weighted by molar-refractivity contribution is -0.192. The van der Waals surface area contributed by atoms with Crippen LogP contribution in [0.5, 0.6) is 0 Å². The van der Waals surface area contributed by atoms with E-state index in [0.717, 1.165) is 6.29 Å². The van der Waals surface area contributed by atoms with Gasteiger partial charge in [0.1, 0.15) is 6.29 Å². The van der Waals surface area contributed by atoms with Crippen molar-refractivity contribution < 1.29 is 22.7 Å². The molecule has 0 spiro atoms. The van der Waals surface area contributed by atoms with Crippen LogP contribution >= 0.6 is 0 Å². The number of carbonyl (C=O) groups excluding carboxylic acids is 1. The SMILES string of the molecule is CC(C)C(C)COC(C)C1(C=O)CCC(C(F)(F)F)CC1. The second kappa shape index (κ2) is 7.12. The highest BCUT2D eigenvalue weighted by Gasteiger charge is 2.48. The smallest absolute Gasteiger partial charge is 0.377 e. The summed E-state index contributed by atoms with van der Waals surface area (Å²) in [6, 6.07) is 0. The Labute approximate surface area is 125 Å². The normalized spacial score (nSPS) is 30.2. The molecule has 0 aromatic heterocycles. The molecule has 1 fully saturated rings. The third-order valence-electron chi connectivity index (χ3n) is 5.17. The van der Waals surface area contributed by atoms with Crippen molar-refractivity contribution in [2.75, 3.05) is 6.61 Å². The van der Waals surface area contributed by atoms with Crippen molar-refractivity contribution in [2.24, 2.45) is 23.2 Å². The van der Waals surface area contributed by atoms with Crippen molar-refractivity contribution in [3.63, 3.8) is 0 Å². The zero-order chi connectivity index (χ0) is 16.3. The van der Waals surface area contributed by atoms with E-state index in [9.17, 15) is 18.0 Å². The fourth-order valence-corrected chi connectivity index (χ4v) is 2.76. The standard InChI is InChI=1S/C16H27F3O2/c1-11(2)12(3)9-21-13(4)15(10-20)7-5-14(6-8-15)16(17,18)19/h10-14H,5-9H2,1-4H3. The lowest BCUT2D eigenvalue weighted by atomic mass is 9.68. The van der Waals surface area contributed by atoms with E-state index in [0.29, 0.717) is 18.4 Å². The highest BCUT2D eigenvalue weighted by Crippen LogP contribution is 2.46. The lowest BCUT2D eigenvalue weighted by Crippen LogP contribution is -2.43. The molecule has 1 aliphatic rings. The number of hydrogen-bond donors (Lipinski definition) is 0. The van der Waals surface area contributed by atoms with Crippen LogP contribution in [-0.2, 0) is 9.53 Å². The Morgan fingerprint density at radius 2 is 1.71 bits per heavy atom. The van der Waals surface area contributed by atoms with Crippen molar-refractivity contribution in [3.8, 4) is 0 Å². The first-order valence-electron chi connectivity index (χ1n) is 7.77. The van der Waals surface area contributed by atoms with Crippen molar-refractivity contribution >= 4 is 6.29 Å². The molecule has 5 heteroatoms. The van der Waals surface area contributed by atoms with Crippen LogP contribution in [0.25, 0.3) is 0 Å². The van der Waals surface area contributed by atoms with Gasteiger partial charge in [0.25, 0.3) is 0 Å². The molecule has 2 atom stereocenters. The van der Waals surface area contributed by atoms with E-state index in [2.05, 4.69) is 20.8 Å². The maximum Gasteiger partial charge on any atom is 0.391 e. The van der Waals surface area contributed by atoms with Gasteiger partial charge in [-0.2, -0.15) is 13.2 Å². The number of ether oxygens (including phenoxy) is 1. The summed E-state index contributed by atoms with van der Waals surface area (Å²) >= 11 is 0. The molecule has 1 aliphatic carbocycles. The van der Waals surface area contributed by atoms with Crippen molar-refractivity contribution in [1.29, 1.82) is 0 Å². The molecule has 0 saturated heterocycles. The summed E-state index contributed by atoms with van der Waals surface area (Å²) in [4.78, 5) is 11.5. The van der Waals surface area contributed by atoms with E-state index in [4.69, 9.17) is 4.74 Å². The molecule has 0 aliphatic heterocycles. The van der Waals surface area contributed by atoms with Gasteiger partial charge >= 0.3 is 6.18 Å². The van der Waals surface area contributed by atoms with Gasteiger partial charge in [-0.3, -0.25) is 0 Å². The largest absolute Gasteiger partial charge is 0.391 e. The van der Waals surface area contributed by atoms with Crippen LogP contribution in [0.3, 0.4) is 0 Å². The molecule has 124 valence electrons. The maximum atomic E-state index is 12.7. The number of carbonyl (C=O) groups is 1. The van der Waals surface area contributed by atoms with E-state index in [1.54, 1.807) is 0 Å². The Hall–Kier alpha value is -0.580. The Morgan fingerprint density at radius 3 is 2.10 bits per heavy atom. The average molecular weight is 308 g/mol. The van der Waals surface area contributed by atoms with E-state index < -0.39 is 17.5 Å². The number of alkyl halides is 3. The third-order valence-corrected chi connectivity index (χ3v) is 5.17. The summed E-state index contributed by atoms with van der Waals surface area (Å²) in [5, 5.41) is 0. The van der Waals surface area contributed by atoms with Gasteiger partial charge in [0, 0.05) is 6.61 Å². The fraction of sp³-hybridized carbons (Fsp3) is 0.938. The van der Waals surface area contributed by atoms with Crippen LogP contribution in [0.1, 0.15) is 53.4 Å². The van der Waals surface area contributed by atoms with Crippen molar-refractivity contribution in [3.05, 3.63) is 0 Å². The second-order valence-corrected chi connectivity index (χ2v) is 6.86. The van der Waals surface area contributed by atoms with Gasteiger partial charge in [-0.25, -0.2) is 0 Å². The highest BCUT2D eigenvalue weighted by molar-refractivity contribution is 5.60. The molecule has 0 heterocycles. The van der Waals surface area contributed by atoms with E-state index in [1.165, 1.54) is 0 Å². The number of aldehydes is 1. The molecule has 0 amide bonds. The zero-order valence-electron chi connectivity index (χ0n) is 13.4. The zero-order valence-corrected chi connectivity index (χ0v) is 13.4. The van der Waals surface area contributed by atoms with E-state index in [-0.39, 0.29) is 31.8 Å². The molecule has 0 N–H and O–H groups in total. The quantitative estimate of drug-likeness (QED) is 0.669. The fourth-order valence-electron chi connectivity index (χ4n) is 2.76. The van der Waals surface area contributed by atoms with Crippen molar-refractivity contribution in [1.82, 2.24) is 0 Å². The van der Waals surface area contributed by atoms with Gasteiger partial charge < -0.3 is 9.53 Å². The Balaban J connectivity index is 2.60. The molecule has 0 aromatic rings. The molecular formula is C16H27F3O2. The summed E-state index contributed by atoms with van der Waals surface area (Å²) in [5.41, 5.74) is -0.752. The van der Waals surface area contributed by atoms with Gasteiger partial charge in [0.2, 0.25) is 0 Å². The van der Waals surface area contributed by atoms with Crippen LogP contribution in [0.15, 0.2) is 0 Å². The van der Waals surface area contributed by atoms with Crippen molar-refractivity contribution in [2.45, 2.75) is 65.7 Å². The molecular weight excluding hydrogens is 281 g/mol. The minimum Gasteiger partial charge on any atom is -0.377 e. The molecule has 0 radical (unpaired) electrons. The van der Waals surface area contributed by atoms with Crippen LogP contribution in [0.2, 0.25) is 0 Å². The molecule has 1 saturated carbocycles. The number of halogens is 3. The Bertz CT molecular complexity index is 331. The summed E-state index contributed by atoms with van der Waals surface area (Å²) in [6.07, 6.45) is -3.08. The minimum absolute atomic E-state index is 0.0235. The van der Waals surface area contributed by atoms with E-state index in [1.807, 2.05) is 6.92 Å². The Kier molecular flexibility index (Phi) is 6.26. The average Bonchev–Trinajstić information content (AvgIpc) is 2.43. The predicted octanol–water partition coefficient (Wildman–Crippen LogP) is 4.62. The van der Waals surface area contributed by atoms with Gasteiger partial charge in [-0.15, -0.1) is 0 Å². The predicted molar refractivity (Wildman–Crippen MR) is 75.9 cm³/mol. The molecule has 0 bridgehead atoms. The first-order valence-corrected chi connectivity index (χ1v) is 7.77. The molecule has 21 heavy (non-hydrogen) atoms. The summed E-state index contributed by atoms with van der Waals surface area (Å²) in [6.45, 7) is 8.63. The topological polar surface area (TPSA) is 26.3 Å². The van der Waals surface area contributed by atoms with Crippen LogP contribution < -0.4 is 0 Å². The van der Waals surface area contributed by atoms with Crippen LogP contribution in [0, 0.1) is 23.2 Å². The third kappa shape index (κ3) is 4.70. The molecule has 2 nitrogen and oxygen atoms in total. The van der Waals surface area contributed by atoms with Gasteiger partial charge in [-0.1, -0.05) is 20.8 Å². The van der Waals surface area contributed by atoms with Gasteiger partial charge in [0.15, 0.2) is 0 Å². The first-order chi connectivity index (χ1) is 9.62. The molecule has 1 rings (SSSR count). The monoisotopic (exact) mass is 308 g/mol. The number of hydrogen-bond acceptors (Lipinski definition) is 2. The molecule has 0 aromatic carbocycles. The minimum atomic E-state index is -4.15. The lowest BCUT2D eigenvalue weighted by Gasteiger charge is -2.40. The summed E-state index contributed by atoms with van der Waals surface area (Å²) in [7, 11) is 0. The summed E-state index contributed by atoms with van der Waals surface area (Å²) < 4.78 is 44.0. The molecule has 2 unspecified atom stereocenters. The number of rotatable bonds is 6.